The summed E-state index contributed by atoms with van der Waals surface area (Å²) in [5.41, 5.74) is 5.96. The fourth-order valence-corrected chi connectivity index (χ4v) is 2.65. The average Bonchev–Trinajstić information content (AvgIpc) is 2.39. The third kappa shape index (κ3) is 3.33. The lowest BCUT2D eigenvalue weighted by Gasteiger charge is -2.36. The van der Waals surface area contributed by atoms with Crippen molar-refractivity contribution in [2.45, 2.75) is 51.1 Å². The molecule has 0 radical (unpaired) electrons. The number of halogens is 1. The van der Waals surface area contributed by atoms with E-state index in [1.165, 1.54) is 0 Å². The monoisotopic (exact) mass is 268 g/mol. The van der Waals surface area contributed by atoms with E-state index in [0.29, 0.717) is 17.1 Å². The number of rotatable bonds is 4. The molecule has 1 aliphatic carbocycles. The van der Waals surface area contributed by atoms with Gasteiger partial charge in [-0.15, -0.1) is 0 Å². The second-order valence-corrected chi connectivity index (χ2v) is 5.40. The molecule has 2 N–H and O–H groups in total. The first-order valence-corrected chi connectivity index (χ1v) is 7.08. The minimum absolute atomic E-state index is 0.371. The van der Waals surface area contributed by atoms with Crippen molar-refractivity contribution in [1.29, 1.82) is 0 Å². The molecule has 1 aromatic heterocycles. The molecule has 1 aliphatic rings. The van der Waals surface area contributed by atoms with E-state index in [1.54, 1.807) is 12.4 Å². The SMILES string of the molecule is CCCN(c1ncc(Cl)cn1)C1CCC(N)CC1. The molecule has 0 atom stereocenters. The van der Waals surface area contributed by atoms with Crippen LogP contribution in [0.1, 0.15) is 39.0 Å². The summed E-state index contributed by atoms with van der Waals surface area (Å²) in [7, 11) is 0. The van der Waals surface area contributed by atoms with Crippen molar-refractivity contribution in [3.8, 4) is 0 Å². The highest BCUT2D eigenvalue weighted by Crippen LogP contribution is 2.25. The van der Waals surface area contributed by atoms with Crippen molar-refractivity contribution in [3.05, 3.63) is 17.4 Å². The number of hydrogen-bond acceptors (Lipinski definition) is 4. The molecule has 0 amide bonds. The van der Waals surface area contributed by atoms with E-state index >= 15 is 0 Å². The van der Waals surface area contributed by atoms with Crippen LogP contribution < -0.4 is 10.6 Å². The summed E-state index contributed by atoms with van der Waals surface area (Å²) in [5.74, 6) is 0.793. The maximum absolute atomic E-state index is 5.96. The van der Waals surface area contributed by atoms with Crippen molar-refractivity contribution < 1.29 is 0 Å². The average molecular weight is 269 g/mol. The van der Waals surface area contributed by atoms with Crippen LogP contribution in [-0.2, 0) is 0 Å². The van der Waals surface area contributed by atoms with Gasteiger partial charge in [0, 0.05) is 18.6 Å². The van der Waals surface area contributed by atoms with Crippen LogP contribution in [0.4, 0.5) is 5.95 Å². The topological polar surface area (TPSA) is 55.0 Å². The zero-order chi connectivity index (χ0) is 13.0. The van der Waals surface area contributed by atoms with Crippen LogP contribution in [0, 0.1) is 0 Å². The van der Waals surface area contributed by atoms with E-state index in [4.69, 9.17) is 17.3 Å². The van der Waals surface area contributed by atoms with Gasteiger partial charge in [-0.25, -0.2) is 9.97 Å². The Bertz CT molecular complexity index is 360. The quantitative estimate of drug-likeness (QED) is 0.912. The Kier molecular flexibility index (Phi) is 4.78. The molecule has 0 unspecified atom stereocenters. The zero-order valence-electron chi connectivity index (χ0n) is 10.8. The van der Waals surface area contributed by atoms with Crippen LogP contribution in [0.15, 0.2) is 12.4 Å². The van der Waals surface area contributed by atoms with Crippen LogP contribution in [0.2, 0.25) is 5.02 Å². The molecule has 1 aromatic rings. The minimum Gasteiger partial charge on any atom is -0.338 e. The second-order valence-electron chi connectivity index (χ2n) is 4.96. The van der Waals surface area contributed by atoms with E-state index in [0.717, 1.165) is 44.6 Å². The fraction of sp³-hybridized carbons (Fsp3) is 0.692. The molecule has 0 bridgehead atoms. The van der Waals surface area contributed by atoms with E-state index < -0.39 is 0 Å². The fourth-order valence-electron chi connectivity index (χ4n) is 2.55. The highest BCUT2D eigenvalue weighted by molar-refractivity contribution is 6.30. The van der Waals surface area contributed by atoms with Gasteiger partial charge in [-0.1, -0.05) is 18.5 Å². The first kappa shape index (κ1) is 13.6. The van der Waals surface area contributed by atoms with Crippen LogP contribution in [-0.4, -0.2) is 28.6 Å². The normalized spacial score (nSPS) is 23.9. The molecular weight excluding hydrogens is 248 g/mol. The van der Waals surface area contributed by atoms with Gasteiger partial charge in [-0.05, 0) is 32.1 Å². The summed E-state index contributed by atoms with van der Waals surface area (Å²) in [4.78, 5) is 11.0. The molecule has 0 aromatic carbocycles. The zero-order valence-corrected chi connectivity index (χ0v) is 11.6. The number of aromatic nitrogens is 2. The summed E-state index contributed by atoms with van der Waals surface area (Å²) in [5, 5.41) is 0.584. The third-order valence-corrected chi connectivity index (χ3v) is 3.71. The van der Waals surface area contributed by atoms with Gasteiger partial charge >= 0.3 is 0 Å². The Morgan fingerprint density at radius 1 is 1.28 bits per heavy atom. The first-order chi connectivity index (χ1) is 8.70. The predicted octanol–water partition coefficient (Wildman–Crippen LogP) is 2.62. The van der Waals surface area contributed by atoms with E-state index in [-0.39, 0.29) is 0 Å². The summed E-state index contributed by atoms with van der Waals surface area (Å²) in [6.07, 6.45) is 8.88. The molecular formula is C13H21ClN4. The number of nitrogens with two attached hydrogens (primary N) is 1. The highest BCUT2D eigenvalue weighted by atomic mass is 35.5. The van der Waals surface area contributed by atoms with E-state index in [9.17, 15) is 0 Å². The van der Waals surface area contributed by atoms with Crippen molar-refractivity contribution in [2.75, 3.05) is 11.4 Å². The lowest BCUT2D eigenvalue weighted by molar-refractivity contribution is 0.372. The molecule has 0 saturated heterocycles. The number of anilines is 1. The summed E-state index contributed by atoms with van der Waals surface area (Å²) >= 11 is 5.84. The summed E-state index contributed by atoms with van der Waals surface area (Å²) in [6.45, 7) is 3.17. The molecule has 5 heteroatoms. The Morgan fingerprint density at radius 2 is 1.89 bits per heavy atom. The third-order valence-electron chi connectivity index (χ3n) is 3.51. The van der Waals surface area contributed by atoms with Gasteiger partial charge in [0.25, 0.3) is 0 Å². The molecule has 4 nitrogen and oxygen atoms in total. The van der Waals surface area contributed by atoms with Crippen molar-refractivity contribution in [2.24, 2.45) is 5.73 Å². The predicted molar refractivity (Wildman–Crippen MR) is 74.9 cm³/mol. The van der Waals surface area contributed by atoms with Gasteiger partial charge in [0.1, 0.15) is 0 Å². The number of hydrogen-bond donors (Lipinski definition) is 1. The molecule has 18 heavy (non-hydrogen) atoms. The van der Waals surface area contributed by atoms with Gasteiger partial charge < -0.3 is 10.6 Å². The summed E-state index contributed by atoms with van der Waals surface area (Å²) < 4.78 is 0. The van der Waals surface area contributed by atoms with Crippen molar-refractivity contribution in [3.63, 3.8) is 0 Å². The Morgan fingerprint density at radius 3 is 2.44 bits per heavy atom. The lowest BCUT2D eigenvalue weighted by atomic mass is 9.91. The standard InChI is InChI=1S/C13H21ClN4/c1-2-7-18(12-5-3-11(15)4-6-12)13-16-8-10(14)9-17-13/h8-9,11-12H,2-7,15H2,1H3. The molecule has 2 rings (SSSR count). The lowest BCUT2D eigenvalue weighted by Crippen LogP contribution is -2.42. The molecule has 100 valence electrons. The van der Waals surface area contributed by atoms with Gasteiger partial charge in [-0.2, -0.15) is 0 Å². The number of nitrogens with zero attached hydrogens (tertiary/aromatic N) is 3. The largest absolute Gasteiger partial charge is 0.338 e. The van der Waals surface area contributed by atoms with Gasteiger partial charge in [0.05, 0.1) is 17.4 Å². The minimum atomic E-state index is 0.371. The Labute approximate surface area is 114 Å². The Hall–Kier alpha value is -0.870. The molecule has 1 saturated carbocycles. The molecule has 1 heterocycles. The van der Waals surface area contributed by atoms with Crippen LogP contribution >= 0.6 is 11.6 Å². The van der Waals surface area contributed by atoms with Gasteiger partial charge in [0.2, 0.25) is 5.95 Å². The van der Waals surface area contributed by atoms with Crippen molar-refractivity contribution >= 4 is 17.5 Å². The summed E-state index contributed by atoms with van der Waals surface area (Å²) in [6, 6.07) is 0.891. The van der Waals surface area contributed by atoms with Crippen LogP contribution in [0.25, 0.3) is 0 Å². The molecule has 0 aliphatic heterocycles. The van der Waals surface area contributed by atoms with Gasteiger partial charge in [0.15, 0.2) is 0 Å². The van der Waals surface area contributed by atoms with Crippen LogP contribution in [0.3, 0.4) is 0 Å². The van der Waals surface area contributed by atoms with Gasteiger partial charge in [-0.3, -0.25) is 0 Å². The maximum Gasteiger partial charge on any atom is 0.225 e. The highest BCUT2D eigenvalue weighted by Gasteiger charge is 2.25. The second kappa shape index (κ2) is 6.34. The molecule has 0 spiro atoms. The smallest absolute Gasteiger partial charge is 0.225 e. The van der Waals surface area contributed by atoms with Crippen LogP contribution in [0.5, 0.6) is 0 Å². The van der Waals surface area contributed by atoms with Crippen molar-refractivity contribution in [1.82, 2.24) is 9.97 Å². The molecule has 1 fully saturated rings. The van der Waals surface area contributed by atoms with E-state index in [1.807, 2.05) is 0 Å². The first-order valence-electron chi connectivity index (χ1n) is 6.70. The Balaban J connectivity index is 2.09. The van der Waals surface area contributed by atoms with E-state index in [2.05, 4.69) is 21.8 Å². The maximum atomic E-state index is 5.96.